The van der Waals surface area contributed by atoms with Gasteiger partial charge < -0.3 is 0 Å². The van der Waals surface area contributed by atoms with Crippen LogP contribution in [0.2, 0.25) is 15.2 Å². The molecule has 0 unspecified atom stereocenters. The van der Waals surface area contributed by atoms with Gasteiger partial charge in [-0.3, -0.25) is 0 Å². The molecule has 0 radical (unpaired) electrons. The topological polar surface area (TPSA) is 25.8 Å². The van der Waals surface area contributed by atoms with Crippen LogP contribution in [-0.2, 0) is 0 Å². The molecule has 82 valence electrons. The maximum Gasteiger partial charge on any atom is 0.135 e. The van der Waals surface area contributed by atoms with Crippen molar-refractivity contribution < 1.29 is 0 Å². The molecular formula is C11H7Cl3N2. The monoisotopic (exact) mass is 272 g/mol. The number of nitrogens with zero attached hydrogens (tertiary/aromatic N) is 2. The zero-order valence-electron chi connectivity index (χ0n) is 8.34. The molecule has 0 atom stereocenters. The van der Waals surface area contributed by atoms with Crippen LogP contribution >= 0.6 is 34.8 Å². The molecule has 0 N–H and O–H groups in total. The standard InChI is InChI=1S/C11H7Cl3N2/c1-6-10(15-5-16-11(6)14)7-2-8(12)4-9(13)3-7/h2-5H,1H3. The van der Waals surface area contributed by atoms with Gasteiger partial charge in [0.25, 0.3) is 0 Å². The predicted octanol–water partition coefficient (Wildman–Crippen LogP) is 4.41. The summed E-state index contributed by atoms with van der Waals surface area (Å²) < 4.78 is 0. The van der Waals surface area contributed by atoms with Crippen LogP contribution in [0.25, 0.3) is 11.3 Å². The first-order valence-electron chi connectivity index (χ1n) is 4.51. The van der Waals surface area contributed by atoms with Crippen molar-refractivity contribution in [2.24, 2.45) is 0 Å². The Morgan fingerprint density at radius 1 is 0.938 bits per heavy atom. The Balaban J connectivity index is 2.63. The number of benzene rings is 1. The second-order valence-electron chi connectivity index (χ2n) is 3.30. The maximum absolute atomic E-state index is 5.93. The van der Waals surface area contributed by atoms with Gasteiger partial charge in [-0.05, 0) is 25.1 Å². The molecule has 2 rings (SSSR count). The van der Waals surface area contributed by atoms with Gasteiger partial charge in [-0.15, -0.1) is 0 Å². The van der Waals surface area contributed by atoms with Gasteiger partial charge in [-0.2, -0.15) is 0 Å². The van der Waals surface area contributed by atoms with Crippen LogP contribution in [0.1, 0.15) is 5.56 Å². The van der Waals surface area contributed by atoms with Crippen LogP contribution in [0, 0.1) is 6.92 Å². The Morgan fingerprint density at radius 3 is 2.19 bits per heavy atom. The zero-order valence-corrected chi connectivity index (χ0v) is 10.6. The molecule has 0 saturated carbocycles. The van der Waals surface area contributed by atoms with Crippen molar-refractivity contribution in [3.63, 3.8) is 0 Å². The van der Waals surface area contributed by atoms with Gasteiger partial charge in [0.15, 0.2) is 0 Å². The second kappa shape index (κ2) is 4.58. The summed E-state index contributed by atoms with van der Waals surface area (Å²) in [5.74, 6) is 0. The Kier molecular flexibility index (Phi) is 3.33. The molecule has 1 aromatic carbocycles. The van der Waals surface area contributed by atoms with Gasteiger partial charge in [0.2, 0.25) is 0 Å². The van der Waals surface area contributed by atoms with Crippen molar-refractivity contribution in [1.82, 2.24) is 9.97 Å². The summed E-state index contributed by atoms with van der Waals surface area (Å²) in [7, 11) is 0. The van der Waals surface area contributed by atoms with E-state index < -0.39 is 0 Å². The Bertz CT molecular complexity index is 520. The first-order chi connectivity index (χ1) is 7.58. The fourth-order valence-corrected chi connectivity index (χ4v) is 2.07. The molecule has 0 saturated heterocycles. The van der Waals surface area contributed by atoms with Crippen LogP contribution < -0.4 is 0 Å². The van der Waals surface area contributed by atoms with Gasteiger partial charge in [0.1, 0.15) is 11.5 Å². The van der Waals surface area contributed by atoms with E-state index in [1.54, 1.807) is 18.2 Å². The fourth-order valence-electron chi connectivity index (χ4n) is 1.41. The highest BCUT2D eigenvalue weighted by molar-refractivity contribution is 6.35. The minimum Gasteiger partial charge on any atom is -0.236 e. The van der Waals surface area contributed by atoms with E-state index >= 15 is 0 Å². The van der Waals surface area contributed by atoms with E-state index in [1.807, 2.05) is 6.92 Å². The summed E-state index contributed by atoms with van der Waals surface area (Å²) >= 11 is 17.8. The van der Waals surface area contributed by atoms with E-state index in [0.717, 1.165) is 16.8 Å². The molecule has 0 aliphatic heterocycles. The highest BCUT2D eigenvalue weighted by Crippen LogP contribution is 2.29. The fraction of sp³-hybridized carbons (Fsp3) is 0.0909. The smallest absolute Gasteiger partial charge is 0.135 e. The molecular weight excluding hydrogens is 266 g/mol. The minimum absolute atomic E-state index is 0.432. The maximum atomic E-state index is 5.93. The summed E-state index contributed by atoms with van der Waals surface area (Å²) in [5, 5.41) is 1.56. The van der Waals surface area contributed by atoms with Gasteiger partial charge in [0, 0.05) is 21.2 Å². The average molecular weight is 274 g/mol. The molecule has 0 aliphatic carbocycles. The molecule has 0 aliphatic rings. The normalized spacial score (nSPS) is 10.5. The molecule has 5 heteroatoms. The molecule has 16 heavy (non-hydrogen) atoms. The lowest BCUT2D eigenvalue weighted by Gasteiger charge is -2.06. The van der Waals surface area contributed by atoms with E-state index in [2.05, 4.69) is 9.97 Å². The van der Waals surface area contributed by atoms with Gasteiger partial charge in [-0.1, -0.05) is 34.8 Å². The lowest BCUT2D eigenvalue weighted by Crippen LogP contribution is -1.91. The Labute approximate surface area is 108 Å². The summed E-state index contributed by atoms with van der Waals surface area (Å²) in [4.78, 5) is 8.08. The SMILES string of the molecule is Cc1c(Cl)ncnc1-c1cc(Cl)cc(Cl)c1. The Morgan fingerprint density at radius 2 is 1.56 bits per heavy atom. The van der Waals surface area contributed by atoms with Crippen molar-refractivity contribution in [3.8, 4) is 11.3 Å². The molecule has 0 bridgehead atoms. The zero-order chi connectivity index (χ0) is 11.7. The number of hydrogen-bond donors (Lipinski definition) is 0. The van der Waals surface area contributed by atoms with Gasteiger partial charge >= 0.3 is 0 Å². The third-order valence-corrected chi connectivity index (χ3v) is 2.98. The van der Waals surface area contributed by atoms with E-state index in [9.17, 15) is 0 Å². The number of aromatic nitrogens is 2. The van der Waals surface area contributed by atoms with Crippen LogP contribution in [0.4, 0.5) is 0 Å². The molecule has 2 nitrogen and oxygen atoms in total. The molecule has 1 heterocycles. The number of rotatable bonds is 1. The van der Waals surface area contributed by atoms with Crippen LogP contribution in [0.15, 0.2) is 24.5 Å². The van der Waals surface area contributed by atoms with Gasteiger partial charge in [-0.25, -0.2) is 9.97 Å². The summed E-state index contributed by atoms with van der Waals surface area (Å²) in [6, 6.07) is 5.25. The van der Waals surface area contributed by atoms with E-state index in [-0.39, 0.29) is 0 Å². The molecule has 1 aromatic heterocycles. The van der Waals surface area contributed by atoms with Crippen molar-refractivity contribution in [2.45, 2.75) is 6.92 Å². The van der Waals surface area contributed by atoms with E-state index in [1.165, 1.54) is 6.33 Å². The predicted molar refractivity (Wildman–Crippen MR) is 67.2 cm³/mol. The molecule has 0 spiro atoms. The van der Waals surface area contributed by atoms with Crippen molar-refractivity contribution in [2.75, 3.05) is 0 Å². The van der Waals surface area contributed by atoms with Gasteiger partial charge in [0.05, 0.1) is 5.69 Å². The molecule has 0 fully saturated rings. The van der Waals surface area contributed by atoms with Crippen molar-refractivity contribution in [1.29, 1.82) is 0 Å². The van der Waals surface area contributed by atoms with Crippen LogP contribution in [0.5, 0.6) is 0 Å². The highest BCUT2D eigenvalue weighted by atomic mass is 35.5. The lowest BCUT2D eigenvalue weighted by molar-refractivity contribution is 1.13. The van der Waals surface area contributed by atoms with Crippen LogP contribution in [0.3, 0.4) is 0 Å². The third-order valence-electron chi connectivity index (χ3n) is 2.16. The summed E-state index contributed by atoms with van der Waals surface area (Å²) in [6.07, 6.45) is 1.42. The van der Waals surface area contributed by atoms with Crippen molar-refractivity contribution >= 4 is 34.8 Å². The third kappa shape index (κ3) is 2.29. The minimum atomic E-state index is 0.432. The molecule has 0 amide bonds. The van der Waals surface area contributed by atoms with E-state index in [4.69, 9.17) is 34.8 Å². The largest absolute Gasteiger partial charge is 0.236 e. The summed E-state index contributed by atoms with van der Waals surface area (Å²) in [6.45, 7) is 1.85. The average Bonchev–Trinajstić information content (AvgIpc) is 2.20. The number of hydrogen-bond acceptors (Lipinski definition) is 2. The number of halogens is 3. The summed E-state index contributed by atoms with van der Waals surface area (Å²) in [5.41, 5.74) is 2.38. The Hall–Kier alpha value is -0.830. The lowest BCUT2D eigenvalue weighted by atomic mass is 10.1. The van der Waals surface area contributed by atoms with Crippen LogP contribution in [-0.4, -0.2) is 9.97 Å². The van der Waals surface area contributed by atoms with E-state index in [0.29, 0.717) is 15.2 Å². The van der Waals surface area contributed by atoms with Crippen molar-refractivity contribution in [3.05, 3.63) is 45.3 Å². The first-order valence-corrected chi connectivity index (χ1v) is 5.65. The highest BCUT2D eigenvalue weighted by Gasteiger charge is 2.08. The second-order valence-corrected chi connectivity index (χ2v) is 4.53. The molecule has 2 aromatic rings. The quantitative estimate of drug-likeness (QED) is 0.719. The first kappa shape index (κ1) is 11.6.